The molecule has 1 saturated heterocycles. The lowest BCUT2D eigenvalue weighted by Gasteiger charge is -2.32. The van der Waals surface area contributed by atoms with Crippen LogP contribution in [0.1, 0.15) is 34.1 Å². The van der Waals surface area contributed by atoms with Gasteiger partial charge in [-0.05, 0) is 5.41 Å². The molecule has 1 fully saturated rings. The summed E-state index contributed by atoms with van der Waals surface area (Å²) in [5, 5.41) is 0. The summed E-state index contributed by atoms with van der Waals surface area (Å²) in [7, 11) is 0. The molecule has 0 aliphatic carbocycles. The lowest BCUT2D eigenvalue weighted by molar-refractivity contribution is -0.133. The molecule has 1 heterocycles. The zero-order valence-electron chi connectivity index (χ0n) is 9.09. The van der Waals surface area contributed by atoms with Gasteiger partial charge in [-0.25, -0.2) is 0 Å². The van der Waals surface area contributed by atoms with Gasteiger partial charge in [0.15, 0.2) is 0 Å². The van der Waals surface area contributed by atoms with E-state index in [1.807, 2.05) is 6.92 Å². The molecule has 0 unspecified atom stereocenters. The highest BCUT2D eigenvalue weighted by molar-refractivity contribution is 5.81. The van der Waals surface area contributed by atoms with E-state index in [0.29, 0.717) is 18.1 Å². The van der Waals surface area contributed by atoms with Gasteiger partial charge in [0, 0.05) is 18.3 Å². The number of rotatable bonds is 3. The van der Waals surface area contributed by atoms with Crippen LogP contribution in [0.3, 0.4) is 0 Å². The van der Waals surface area contributed by atoms with Gasteiger partial charge in [-0.15, -0.1) is 0 Å². The van der Waals surface area contributed by atoms with Crippen LogP contribution in [0.15, 0.2) is 0 Å². The van der Waals surface area contributed by atoms with E-state index in [9.17, 15) is 4.79 Å². The van der Waals surface area contributed by atoms with Gasteiger partial charge in [0.1, 0.15) is 5.78 Å². The molecule has 2 heteroatoms. The van der Waals surface area contributed by atoms with Gasteiger partial charge in [0.2, 0.25) is 0 Å². The molecule has 76 valence electrons. The Hall–Kier alpha value is -0.370. The van der Waals surface area contributed by atoms with Crippen molar-refractivity contribution in [1.82, 2.24) is 0 Å². The molecule has 0 aromatic carbocycles. The minimum Gasteiger partial charge on any atom is -0.381 e. The van der Waals surface area contributed by atoms with E-state index in [2.05, 4.69) is 20.8 Å². The number of carbonyl (C=O) groups is 1. The van der Waals surface area contributed by atoms with Crippen LogP contribution in [0.4, 0.5) is 0 Å². The van der Waals surface area contributed by atoms with Crippen LogP contribution >= 0.6 is 0 Å². The van der Waals surface area contributed by atoms with Crippen LogP contribution in [-0.4, -0.2) is 19.0 Å². The third-order valence-electron chi connectivity index (χ3n) is 2.58. The van der Waals surface area contributed by atoms with Crippen molar-refractivity contribution in [1.29, 1.82) is 0 Å². The largest absolute Gasteiger partial charge is 0.381 e. The molecule has 0 radical (unpaired) electrons. The highest BCUT2D eigenvalue weighted by Gasteiger charge is 2.31. The average Bonchev–Trinajstić information content (AvgIpc) is 1.78. The molecule has 0 aromatic heterocycles. The number of ether oxygens (including phenoxy) is 1. The van der Waals surface area contributed by atoms with Crippen molar-refractivity contribution in [3.8, 4) is 0 Å². The molecule has 1 aliphatic heterocycles. The Morgan fingerprint density at radius 3 is 2.31 bits per heavy atom. The summed E-state index contributed by atoms with van der Waals surface area (Å²) in [5.74, 6) is 1.06. The second-order valence-electron chi connectivity index (χ2n) is 5.29. The van der Waals surface area contributed by atoms with Gasteiger partial charge in [-0.3, -0.25) is 4.79 Å². The summed E-state index contributed by atoms with van der Waals surface area (Å²) >= 11 is 0. The van der Waals surface area contributed by atoms with Gasteiger partial charge in [0.25, 0.3) is 0 Å². The van der Waals surface area contributed by atoms with E-state index in [0.717, 1.165) is 13.2 Å². The zero-order chi connectivity index (χ0) is 10.1. The van der Waals surface area contributed by atoms with Gasteiger partial charge >= 0.3 is 0 Å². The van der Waals surface area contributed by atoms with E-state index in [1.165, 1.54) is 0 Å². The Labute approximate surface area is 80.7 Å². The number of ketones is 1. The molecule has 0 saturated carbocycles. The van der Waals surface area contributed by atoms with E-state index >= 15 is 0 Å². The second-order valence-corrected chi connectivity index (χ2v) is 5.29. The van der Waals surface area contributed by atoms with Crippen molar-refractivity contribution >= 4 is 5.78 Å². The lowest BCUT2D eigenvalue weighted by atomic mass is 9.81. The van der Waals surface area contributed by atoms with Crippen molar-refractivity contribution in [3.63, 3.8) is 0 Å². The van der Waals surface area contributed by atoms with E-state index in [1.54, 1.807) is 0 Å². The van der Waals surface area contributed by atoms with Gasteiger partial charge in [-0.1, -0.05) is 27.7 Å². The van der Waals surface area contributed by atoms with Crippen molar-refractivity contribution in [2.75, 3.05) is 13.2 Å². The van der Waals surface area contributed by atoms with Crippen molar-refractivity contribution < 1.29 is 9.53 Å². The van der Waals surface area contributed by atoms with Crippen LogP contribution in [0.5, 0.6) is 0 Å². The molecule has 0 N–H and O–H groups in total. The predicted octanol–water partition coefficient (Wildman–Crippen LogP) is 2.27. The summed E-state index contributed by atoms with van der Waals surface area (Å²) in [4.78, 5) is 11.7. The first-order chi connectivity index (χ1) is 5.90. The average molecular weight is 184 g/mol. The van der Waals surface area contributed by atoms with Crippen LogP contribution in [0.25, 0.3) is 0 Å². The SMILES string of the molecule is C[C@@H](C(=O)CC(C)(C)C)C1COC1. The Bertz CT molecular complexity index is 187. The monoisotopic (exact) mass is 184 g/mol. The van der Waals surface area contributed by atoms with Crippen molar-refractivity contribution in [3.05, 3.63) is 0 Å². The van der Waals surface area contributed by atoms with E-state index in [4.69, 9.17) is 4.74 Å². The number of hydrogen-bond donors (Lipinski definition) is 0. The third-order valence-corrected chi connectivity index (χ3v) is 2.58. The molecule has 0 aromatic rings. The highest BCUT2D eigenvalue weighted by Crippen LogP contribution is 2.27. The summed E-state index contributed by atoms with van der Waals surface area (Å²) < 4.78 is 5.08. The number of Topliss-reactive ketones (excluding diaryl/α,β-unsaturated/α-hetero) is 1. The van der Waals surface area contributed by atoms with Gasteiger partial charge < -0.3 is 4.74 Å². The fourth-order valence-corrected chi connectivity index (χ4v) is 1.49. The summed E-state index contributed by atoms with van der Waals surface area (Å²) in [6.07, 6.45) is 0.685. The quantitative estimate of drug-likeness (QED) is 0.672. The molecule has 13 heavy (non-hydrogen) atoms. The Morgan fingerprint density at radius 2 is 2.00 bits per heavy atom. The maximum atomic E-state index is 11.7. The first kappa shape index (κ1) is 10.7. The van der Waals surface area contributed by atoms with Crippen molar-refractivity contribution in [2.24, 2.45) is 17.3 Å². The summed E-state index contributed by atoms with van der Waals surface area (Å²) in [6, 6.07) is 0. The van der Waals surface area contributed by atoms with E-state index in [-0.39, 0.29) is 11.3 Å². The second kappa shape index (κ2) is 3.79. The maximum absolute atomic E-state index is 11.7. The minimum atomic E-state index is 0.121. The predicted molar refractivity (Wildman–Crippen MR) is 52.6 cm³/mol. The molecule has 0 bridgehead atoms. The Balaban J connectivity index is 2.38. The number of hydrogen-bond acceptors (Lipinski definition) is 2. The minimum absolute atomic E-state index is 0.121. The molecule has 1 aliphatic rings. The molecule has 1 atom stereocenters. The van der Waals surface area contributed by atoms with Crippen LogP contribution < -0.4 is 0 Å². The highest BCUT2D eigenvalue weighted by atomic mass is 16.5. The fourth-order valence-electron chi connectivity index (χ4n) is 1.49. The zero-order valence-corrected chi connectivity index (χ0v) is 9.09. The summed E-state index contributed by atoms with van der Waals surface area (Å²) in [5.41, 5.74) is 0.121. The molecular weight excluding hydrogens is 164 g/mol. The Morgan fingerprint density at radius 1 is 1.46 bits per heavy atom. The molecule has 2 nitrogen and oxygen atoms in total. The lowest BCUT2D eigenvalue weighted by Crippen LogP contribution is -2.37. The maximum Gasteiger partial charge on any atom is 0.136 e. The molecular formula is C11H20O2. The van der Waals surface area contributed by atoms with Gasteiger partial charge in [0.05, 0.1) is 13.2 Å². The smallest absolute Gasteiger partial charge is 0.136 e. The van der Waals surface area contributed by atoms with Gasteiger partial charge in [-0.2, -0.15) is 0 Å². The first-order valence-corrected chi connectivity index (χ1v) is 5.00. The Kier molecular flexibility index (Phi) is 3.12. The third kappa shape index (κ3) is 3.11. The van der Waals surface area contributed by atoms with Crippen LogP contribution in [-0.2, 0) is 9.53 Å². The molecule has 0 amide bonds. The van der Waals surface area contributed by atoms with Crippen molar-refractivity contribution in [2.45, 2.75) is 34.1 Å². The summed E-state index contributed by atoms with van der Waals surface area (Å²) in [6.45, 7) is 9.90. The normalized spacial score (nSPS) is 20.9. The number of carbonyl (C=O) groups excluding carboxylic acids is 1. The van der Waals surface area contributed by atoms with Crippen LogP contribution in [0, 0.1) is 17.3 Å². The standard InChI is InChI=1S/C11H20O2/c1-8(9-6-13-7-9)10(12)5-11(2,3)4/h8-9H,5-7H2,1-4H3/t8-/m1/s1. The first-order valence-electron chi connectivity index (χ1n) is 5.00. The molecule has 1 rings (SSSR count). The molecule has 0 spiro atoms. The van der Waals surface area contributed by atoms with Crippen LogP contribution in [0.2, 0.25) is 0 Å². The topological polar surface area (TPSA) is 26.3 Å². The van der Waals surface area contributed by atoms with E-state index < -0.39 is 0 Å². The fraction of sp³-hybridized carbons (Fsp3) is 0.909.